The van der Waals surface area contributed by atoms with Gasteiger partial charge in [-0.3, -0.25) is 4.79 Å². The summed E-state index contributed by atoms with van der Waals surface area (Å²) in [5.74, 6) is 0.00645. The number of rotatable bonds is 3. The molecule has 5 heteroatoms. The Balaban J connectivity index is 1.94. The molecular formula is C12H21BO4. The van der Waals surface area contributed by atoms with Gasteiger partial charge in [-0.25, -0.2) is 0 Å². The lowest BCUT2D eigenvalue weighted by atomic mass is 9.80. The number of ether oxygens (including phenoxy) is 1. The van der Waals surface area contributed by atoms with Crippen LogP contribution in [0.1, 0.15) is 41.0 Å². The van der Waals surface area contributed by atoms with E-state index in [2.05, 4.69) is 0 Å². The van der Waals surface area contributed by atoms with E-state index in [4.69, 9.17) is 14.0 Å². The second-order valence-corrected chi connectivity index (χ2v) is 5.88. The summed E-state index contributed by atoms with van der Waals surface area (Å²) >= 11 is 0. The monoisotopic (exact) mass is 240 g/mol. The van der Waals surface area contributed by atoms with Crippen LogP contribution in [0.3, 0.4) is 0 Å². The summed E-state index contributed by atoms with van der Waals surface area (Å²) in [7, 11) is -0.269. The smallest absolute Gasteiger partial charge is 0.462 e. The largest absolute Gasteiger partial charge is 0.466 e. The number of carbonyl (C=O) groups is 1. The maximum absolute atomic E-state index is 11.6. The van der Waals surface area contributed by atoms with Crippen LogP contribution >= 0.6 is 0 Å². The van der Waals surface area contributed by atoms with Gasteiger partial charge >= 0.3 is 13.1 Å². The fourth-order valence-electron chi connectivity index (χ4n) is 2.10. The maximum atomic E-state index is 11.6. The fourth-order valence-corrected chi connectivity index (χ4v) is 2.10. The molecule has 0 aromatic heterocycles. The molecule has 0 unspecified atom stereocenters. The molecule has 0 aromatic carbocycles. The van der Waals surface area contributed by atoms with Crippen LogP contribution in [0.2, 0.25) is 5.82 Å². The maximum Gasteiger partial charge on any atom is 0.462 e. The summed E-state index contributed by atoms with van der Waals surface area (Å²) in [5, 5.41) is 0. The van der Waals surface area contributed by atoms with Crippen LogP contribution in [0, 0.1) is 5.92 Å². The minimum atomic E-state index is -0.320. The van der Waals surface area contributed by atoms with Gasteiger partial charge in [0.05, 0.1) is 23.7 Å². The van der Waals surface area contributed by atoms with Gasteiger partial charge in [0.2, 0.25) is 0 Å². The summed E-state index contributed by atoms with van der Waals surface area (Å²) in [6.07, 6.45) is 0.815. The third kappa shape index (κ3) is 2.23. The van der Waals surface area contributed by atoms with Gasteiger partial charge in [-0.05, 0) is 41.0 Å². The highest BCUT2D eigenvalue weighted by Crippen LogP contribution is 2.53. The molecule has 17 heavy (non-hydrogen) atoms. The minimum absolute atomic E-state index is 0.0374. The predicted molar refractivity (Wildman–Crippen MR) is 64.6 cm³/mol. The third-order valence-electron chi connectivity index (χ3n) is 4.05. The van der Waals surface area contributed by atoms with Gasteiger partial charge in [0, 0.05) is 5.82 Å². The lowest BCUT2D eigenvalue weighted by Gasteiger charge is -2.32. The fraction of sp³-hybridized carbons (Fsp3) is 0.917. The lowest BCUT2D eigenvalue weighted by Crippen LogP contribution is -2.41. The zero-order valence-corrected chi connectivity index (χ0v) is 11.3. The first-order chi connectivity index (χ1) is 7.78. The van der Waals surface area contributed by atoms with Gasteiger partial charge in [-0.1, -0.05) is 0 Å². The average Bonchev–Trinajstić information content (AvgIpc) is 2.91. The molecule has 0 spiro atoms. The van der Waals surface area contributed by atoms with Crippen molar-refractivity contribution in [3.8, 4) is 0 Å². The molecular weight excluding hydrogens is 219 g/mol. The quantitative estimate of drug-likeness (QED) is 0.559. The van der Waals surface area contributed by atoms with E-state index in [1.807, 2.05) is 34.6 Å². The highest BCUT2D eigenvalue weighted by molar-refractivity contribution is 6.49. The highest BCUT2D eigenvalue weighted by Gasteiger charge is 2.61. The molecule has 1 aliphatic carbocycles. The Labute approximate surface area is 103 Å². The molecule has 1 saturated carbocycles. The molecule has 96 valence electrons. The van der Waals surface area contributed by atoms with Crippen molar-refractivity contribution in [2.45, 2.75) is 58.1 Å². The topological polar surface area (TPSA) is 44.8 Å². The normalized spacial score (nSPS) is 33.6. The van der Waals surface area contributed by atoms with Crippen molar-refractivity contribution in [1.29, 1.82) is 0 Å². The summed E-state index contributed by atoms with van der Waals surface area (Å²) in [5.41, 5.74) is -0.640. The van der Waals surface area contributed by atoms with E-state index >= 15 is 0 Å². The van der Waals surface area contributed by atoms with Crippen molar-refractivity contribution in [2.24, 2.45) is 5.92 Å². The number of hydrogen-bond donors (Lipinski definition) is 0. The van der Waals surface area contributed by atoms with Gasteiger partial charge in [-0.2, -0.15) is 0 Å². The van der Waals surface area contributed by atoms with E-state index < -0.39 is 0 Å². The van der Waals surface area contributed by atoms with Crippen LogP contribution in [-0.2, 0) is 18.8 Å². The van der Waals surface area contributed by atoms with Crippen molar-refractivity contribution in [3.05, 3.63) is 0 Å². The first kappa shape index (κ1) is 12.9. The van der Waals surface area contributed by atoms with Crippen molar-refractivity contribution in [2.75, 3.05) is 6.61 Å². The van der Waals surface area contributed by atoms with E-state index in [1.165, 1.54) is 0 Å². The number of hydrogen-bond acceptors (Lipinski definition) is 4. The average molecular weight is 240 g/mol. The molecule has 1 heterocycles. The second-order valence-electron chi connectivity index (χ2n) is 5.88. The molecule has 1 saturated heterocycles. The van der Waals surface area contributed by atoms with Crippen molar-refractivity contribution in [1.82, 2.24) is 0 Å². The molecule has 4 nitrogen and oxygen atoms in total. The van der Waals surface area contributed by atoms with Gasteiger partial charge < -0.3 is 14.0 Å². The zero-order valence-electron chi connectivity index (χ0n) is 11.3. The highest BCUT2D eigenvalue weighted by atomic mass is 16.7. The SMILES string of the molecule is CCOC(=O)[C@@H]1C[C@H]1B1OC(C)(C)C(C)(C)O1. The number of esters is 1. The molecule has 0 N–H and O–H groups in total. The van der Waals surface area contributed by atoms with E-state index in [-0.39, 0.29) is 36.0 Å². The molecule has 2 atom stereocenters. The Kier molecular flexibility index (Phi) is 3.03. The van der Waals surface area contributed by atoms with E-state index in [9.17, 15) is 4.79 Å². The zero-order chi connectivity index (χ0) is 12.8. The van der Waals surface area contributed by atoms with Crippen molar-refractivity contribution in [3.63, 3.8) is 0 Å². The summed E-state index contributed by atoms with van der Waals surface area (Å²) in [4.78, 5) is 11.6. The molecule has 2 rings (SSSR count). The Hall–Kier alpha value is -0.545. The third-order valence-corrected chi connectivity index (χ3v) is 4.05. The second kappa shape index (κ2) is 3.99. The van der Waals surface area contributed by atoms with Crippen LogP contribution in [0.4, 0.5) is 0 Å². The summed E-state index contributed by atoms with van der Waals surface area (Å²) < 4.78 is 16.8. The van der Waals surface area contributed by atoms with Gasteiger partial charge in [0.1, 0.15) is 0 Å². The van der Waals surface area contributed by atoms with E-state index in [0.717, 1.165) is 6.42 Å². The van der Waals surface area contributed by atoms with E-state index in [1.54, 1.807) is 0 Å². The van der Waals surface area contributed by atoms with Gasteiger partial charge in [0.15, 0.2) is 0 Å². The summed E-state index contributed by atoms with van der Waals surface area (Å²) in [6.45, 7) is 10.3. The molecule has 0 amide bonds. The molecule has 0 radical (unpaired) electrons. The molecule has 0 bridgehead atoms. The van der Waals surface area contributed by atoms with Crippen LogP contribution in [-0.4, -0.2) is 30.9 Å². The van der Waals surface area contributed by atoms with E-state index in [0.29, 0.717) is 6.61 Å². The van der Waals surface area contributed by atoms with Crippen LogP contribution in [0.15, 0.2) is 0 Å². The Morgan fingerprint density at radius 1 is 1.29 bits per heavy atom. The van der Waals surface area contributed by atoms with Gasteiger partial charge in [-0.15, -0.1) is 0 Å². The Bertz CT molecular complexity index is 310. The molecule has 2 fully saturated rings. The van der Waals surface area contributed by atoms with Gasteiger partial charge in [0.25, 0.3) is 0 Å². The standard InChI is InChI=1S/C12H21BO4/c1-6-15-10(14)8-7-9(8)13-16-11(2,3)12(4,5)17-13/h8-9H,6-7H2,1-5H3/t8-,9-/m1/s1. The Morgan fingerprint density at radius 2 is 1.82 bits per heavy atom. The molecule has 2 aliphatic rings. The first-order valence-electron chi connectivity index (χ1n) is 6.31. The van der Waals surface area contributed by atoms with Crippen LogP contribution in [0.25, 0.3) is 0 Å². The number of carbonyl (C=O) groups excluding carboxylic acids is 1. The lowest BCUT2D eigenvalue weighted by molar-refractivity contribution is -0.144. The summed E-state index contributed by atoms with van der Waals surface area (Å²) in [6, 6.07) is 0. The van der Waals surface area contributed by atoms with Crippen LogP contribution in [0.5, 0.6) is 0 Å². The minimum Gasteiger partial charge on any atom is -0.466 e. The van der Waals surface area contributed by atoms with Crippen molar-refractivity contribution >= 4 is 13.1 Å². The molecule has 0 aromatic rings. The van der Waals surface area contributed by atoms with Crippen molar-refractivity contribution < 1.29 is 18.8 Å². The first-order valence-corrected chi connectivity index (χ1v) is 6.31. The van der Waals surface area contributed by atoms with Crippen LogP contribution < -0.4 is 0 Å². The molecule has 1 aliphatic heterocycles. The Morgan fingerprint density at radius 3 is 2.29 bits per heavy atom. The predicted octanol–water partition coefficient (Wildman–Crippen LogP) is 2.03.